The van der Waals surface area contributed by atoms with Gasteiger partial charge >= 0.3 is 0 Å². The van der Waals surface area contributed by atoms with Crippen molar-refractivity contribution in [1.29, 1.82) is 0 Å². The van der Waals surface area contributed by atoms with Crippen LogP contribution >= 0.6 is 22.9 Å². The summed E-state index contributed by atoms with van der Waals surface area (Å²) in [5, 5.41) is 2.80. The van der Waals surface area contributed by atoms with Gasteiger partial charge in [-0.05, 0) is 53.5 Å². The number of fused-ring (bicyclic) bond motifs is 1. The summed E-state index contributed by atoms with van der Waals surface area (Å²) in [6.45, 7) is 0. The molecule has 5 nitrogen and oxygen atoms in total. The monoisotopic (exact) mass is 408 g/mol. The molecule has 0 unspecified atom stereocenters. The number of nitrogens with one attached hydrogen (secondary N) is 1. The molecule has 0 radical (unpaired) electrons. The normalized spacial score (nSPS) is 17.6. The van der Waals surface area contributed by atoms with Gasteiger partial charge in [0.1, 0.15) is 14.2 Å². The molecule has 136 valence electrons. The summed E-state index contributed by atoms with van der Waals surface area (Å²) < 4.78 is 24.1. The van der Waals surface area contributed by atoms with E-state index in [-0.39, 0.29) is 17.4 Å². The molecule has 3 N–H and O–H groups in total. The number of hydrogen-bond donors (Lipinski definition) is 2. The first-order valence-electron chi connectivity index (χ1n) is 8.24. The first-order chi connectivity index (χ1) is 12.4. The van der Waals surface area contributed by atoms with Crippen molar-refractivity contribution in [2.75, 3.05) is 11.5 Å². The summed E-state index contributed by atoms with van der Waals surface area (Å²) >= 11 is 7.71. The third-order valence-corrected chi connectivity index (χ3v) is 7.90. The van der Waals surface area contributed by atoms with Gasteiger partial charge in [0.15, 0.2) is 0 Å². The molecular weight excluding hydrogens is 392 g/mol. The Morgan fingerprint density at radius 1 is 1.27 bits per heavy atom. The third-order valence-electron chi connectivity index (χ3n) is 5.01. The van der Waals surface area contributed by atoms with E-state index in [0.29, 0.717) is 28.3 Å². The molecule has 0 spiro atoms. The lowest BCUT2D eigenvalue weighted by atomic mass is 9.91. The zero-order chi connectivity index (χ0) is 18.5. The van der Waals surface area contributed by atoms with Crippen LogP contribution in [0.5, 0.6) is 0 Å². The van der Waals surface area contributed by atoms with Gasteiger partial charge in [-0.3, -0.25) is 4.79 Å². The number of H-pyrrole nitrogens is 1. The highest BCUT2D eigenvalue weighted by atomic mass is 35.5. The van der Waals surface area contributed by atoms with Crippen LogP contribution < -0.4 is 5.73 Å². The van der Waals surface area contributed by atoms with Crippen molar-refractivity contribution in [1.82, 2.24) is 4.98 Å². The van der Waals surface area contributed by atoms with Crippen LogP contribution in [0.25, 0.3) is 22.0 Å². The highest BCUT2D eigenvalue weighted by Gasteiger charge is 2.27. The lowest BCUT2D eigenvalue weighted by Gasteiger charge is -2.21. The molecule has 1 aliphatic heterocycles. The second-order valence-electron chi connectivity index (χ2n) is 6.59. The first-order valence-corrected chi connectivity index (χ1v) is 11.3. The molecule has 2 aromatic heterocycles. The highest BCUT2D eigenvalue weighted by molar-refractivity contribution is 7.91. The fraction of sp³-hybridized carbons (Fsp3) is 0.278. The van der Waals surface area contributed by atoms with Crippen LogP contribution in [-0.4, -0.2) is 30.8 Å². The van der Waals surface area contributed by atoms with Gasteiger partial charge in [0.2, 0.25) is 0 Å². The maximum absolute atomic E-state index is 12.0. The molecule has 3 aromatic rings. The number of amides is 1. The van der Waals surface area contributed by atoms with Crippen LogP contribution in [0.4, 0.5) is 0 Å². The van der Waals surface area contributed by atoms with E-state index >= 15 is 0 Å². The highest BCUT2D eigenvalue weighted by Crippen LogP contribution is 2.39. The molecule has 8 heteroatoms. The Balaban J connectivity index is 1.87. The number of sulfone groups is 1. The number of thiophene rings is 1. The molecule has 26 heavy (non-hydrogen) atoms. The third kappa shape index (κ3) is 3.04. The molecule has 4 rings (SSSR count). The Morgan fingerprint density at radius 2 is 2.00 bits per heavy atom. The molecule has 3 heterocycles. The molecule has 1 aliphatic rings. The van der Waals surface area contributed by atoms with E-state index in [9.17, 15) is 13.2 Å². The molecule has 1 fully saturated rings. The molecule has 1 saturated heterocycles. The quantitative estimate of drug-likeness (QED) is 0.687. The maximum Gasteiger partial charge on any atom is 0.250 e. The minimum Gasteiger partial charge on any atom is -0.366 e. The van der Waals surface area contributed by atoms with Crippen molar-refractivity contribution in [2.45, 2.75) is 18.8 Å². The average molecular weight is 409 g/mol. The Bertz CT molecular complexity index is 1100. The van der Waals surface area contributed by atoms with Gasteiger partial charge in [-0.2, -0.15) is 0 Å². The van der Waals surface area contributed by atoms with Gasteiger partial charge in [-0.25, -0.2) is 8.42 Å². The fourth-order valence-corrected chi connectivity index (χ4v) is 6.10. The van der Waals surface area contributed by atoms with Crippen LogP contribution in [0.15, 0.2) is 29.8 Å². The molecule has 0 aliphatic carbocycles. The second-order valence-corrected chi connectivity index (χ2v) is 10.4. The number of rotatable bonds is 3. The number of hydrogen-bond acceptors (Lipinski definition) is 4. The van der Waals surface area contributed by atoms with Gasteiger partial charge in [-0.15, -0.1) is 11.3 Å². The average Bonchev–Trinajstić information content (AvgIpc) is 3.20. The summed E-state index contributed by atoms with van der Waals surface area (Å²) in [6.07, 6.45) is 3.05. The minimum atomic E-state index is -2.93. The Labute approximate surface area is 160 Å². The molecule has 1 aromatic carbocycles. The summed E-state index contributed by atoms with van der Waals surface area (Å²) in [7, 11) is -2.93. The minimum absolute atomic E-state index is 0.140. The lowest BCUT2D eigenvalue weighted by molar-refractivity contribution is 0.100. The van der Waals surface area contributed by atoms with E-state index in [1.165, 1.54) is 11.3 Å². The largest absolute Gasteiger partial charge is 0.366 e. The predicted octanol–water partition coefficient (Wildman–Crippen LogP) is 3.94. The van der Waals surface area contributed by atoms with Crippen LogP contribution in [0.2, 0.25) is 4.34 Å². The SMILES string of the molecule is NC(=O)c1cc(-c2ccsc2Cl)cc2c(C3CCS(=O)(=O)CC3)c[nH]c12. The summed E-state index contributed by atoms with van der Waals surface area (Å²) in [5.74, 6) is 0.0237. The number of carbonyl (C=O) groups is 1. The lowest BCUT2D eigenvalue weighted by Crippen LogP contribution is -2.22. The molecule has 1 amide bonds. The van der Waals surface area contributed by atoms with E-state index < -0.39 is 15.7 Å². The van der Waals surface area contributed by atoms with E-state index in [1.807, 2.05) is 23.7 Å². The van der Waals surface area contributed by atoms with Crippen molar-refractivity contribution >= 4 is 49.6 Å². The standard InChI is InChI=1S/C18H17ClN2O3S2/c19-17-12(1-4-25-17)11-7-13-15(10-2-5-26(23,24)6-3-10)9-21-16(13)14(8-11)18(20)22/h1,4,7-10,21H,2-3,5-6H2,(H2,20,22). The fourth-order valence-electron chi connectivity index (χ4n) is 3.64. The smallest absolute Gasteiger partial charge is 0.250 e. The van der Waals surface area contributed by atoms with Gasteiger partial charge < -0.3 is 10.7 Å². The van der Waals surface area contributed by atoms with Gasteiger partial charge in [0.25, 0.3) is 5.91 Å². The van der Waals surface area contributed by atoms with Crippen LogP contribution in [0, 0.1) is 0 Å². The van der Waals surface area contributed by atoms with Gasteiger partial charge in [-0.1, -0.05) is 11.6 Å². The number of aromatic nitrogens is 1. The Hall–Kier alpha value is -1.83. The van der Waals surface area contributed by atoms with E-state index in [2.05, 4.69) is 4.98 Å². The predicted molar refractivity (Wildman–Crippen MR) is 106 cm³/mol. The summed E-state index contributed by atoms with van der Waals surface area (Å²) in [5.41, 5.74) is 9.43. The van der Waals surface area contributed by atoms with Crippen LogP contribution in [0.3, 0.4) is 0 Å². The molecule has 0 saturated carbocycles. The number of primary amides is 1. The van der Waals surface area contributed by atoms with E-state index in [4.69, 9.17) is 17.3 Å². The van der Waals surface area contributed by atoms with Crippen molar-refractivity contribution in [3.63, 3.8) is 0 Å². The Morgan fingerprint density at radius 3 is 2.62 bits per heavy atom. The van der Waals surface area contributed by atoms with Gasteiger partial charge in [0, 0.05) is 17.1 Å². The van der Waals surface area contributed by atoms with Crippen molar-refractivity contribution in [3.05, 3.63) is 45.2 Å². The van der Waals surface area contributed by atoms with Crippen molar-refractivity contribution in [2.24, 2.45) is 5.73 Å². The molecule has 0 atom stereocenters. The van der Waals surface area contributed by atoms with Crippen molar-refractivity contribution < 1.29 is 13.2 Å². The van der Waals surface area contributed by atoms with E-state index in [1.54, 1.807) is 6.07 Å². The number of benzene rings is 1. The maximum atomic E-state index is 12.0. The summed E-state index contributed by atoms with van der Waals surface area (Å²) in [4.78, 5) is 15.1. The van der Waals surface area contributed by atoms with Crippen molar-refractivity contribution in [3.8, 4) is 11.1 Å². The summed E-state index contributed by atoms with van der Waals surface area (Å²) in [6, 6.07) is 5.67. The van der Waals surface area contributed by atoms with Crippen LogP contribution in [0.1, 0.15) is 34.7 Å². The van der Waals surface area contributed by atoms with Gasteiger partial charge in [0.05, 0.1) is 22.6 Å². The molecular formula is C18H17ClN2O3S2. The number of halogens is 1. The zero-order valence-electron chi connectivity index (χ0n) is 13.8. The molecule has 0 bridgehead atoms. The van der Waals surface area contributed by atoms with Crippen LogP contribution in [-0.2, 0) is 9.84 Å². The van der Waals surface area contributed by atoms with E-state index in [0.717, 1.165) is 22.1 Å². The second kappa shape index (κ2) is 6.40. The number of aromatic amines is 1. The topological polar surface area (TPSA) is 93.0 Å². The number of nitrogens with two attached hydrogens (primary N) is 1. The Kier molecular flexibility index (Phi) is 4.33. The first kappa shape index (κ1) is 17.6. The zero-order valence-corrected chi connectivity index (χ0v) is 16.2. The number of carbonyl (C=O) groups excluding carboxylic acids is 1.